The maximum Gasteiger partial charge on any atom is 0.274 e. The Bertz CT molecular complexity index is 766. The van der Waals surface area contributed by atoms with Gasteiger partial charge in [-0.1, -0.05) is 19.3 Å². The number of aromatic nitrogens is 1. The number of nitrogens with zero attached hydrogens (tertiary/aromatic N) is 3. The third-order valence-electron chi connectivity index (χ3n) is 6.65. The van der Waals surface area contributed by atoms with Gasteiger partial charge < -0.3 is 19.7 Å². The molecule has 1 saturated carbocycles. The van der Waals surface area contributed by atoms with Crippen molar-refractivity contribution in [2.45, 2.75) is 51.0 Å². The van der Waals surface area contributed by atoms with E-state index in [1.54, 1.807) is 4.90 Å². The largest absolute Gasteiger partial charge is 0.320 e. The van der Waals surface area contributed by atoms with Crippen LogP contribution in [0.2, 0.25) is 0 Å². The Morgan fingerprint density at radius 3 is 2.68 bits per heavy atom. The van der Waals surface area contributed by atoms with Crippen LogP contribution in [0.1, 0.15) is 50.1 Å². The Kier molecular flexibility index (Phi) is 5.88. The number of likely N-dealkylation sites (tertiary alicyclic amines) is 1. The summed E-state index contributed by atoms with van der Waals surface area (Å²) in [6, 6.07) is 3.87. The second kappa shape index (κ2) is 8.37. The molecule has 1 aromatic rings. The Morgan fingerprint density at radius 1 is 1.14 bits per heavy atom. The number of rotatable bonds is 5. The van der Waals surface area contributed by atoms with Crippen LogP contribution >= 0.6 is 0 Å². The molecule has 2 bridgehead atoms. The van der Waals surface area contributed by atoms with Gasteiger partial charge in [0.15, 0.2) is 0 Å². The lowest BCUT2D eigenvalue weighted by atomic mass is 9.81. The molecule has 1 saturated heterocycles. The third-order valence-corrected chi connectivity index (χ3v) is 6.65. The fourth-order valence-corrected chi connectivity index (χ4v) is 5.50. The molecular weight excluding hydrogens is 352 g/mol. The summed E-state index contributed by atoms with van der Waals surface area (Å²) in [4.78, 5) is 29.5. The third kappa shape index (κ3) is 4.33. The maximum absolute atomic E-state index is 13.0. The molecule has 154 valence electrons. The van der Waals surface area contributed by atoms with Gasteiger partial charge in [0, 0.05) is 37.8 Å². The Morgan fingerprint density at radius 2 is 1.93 bits per heavy atom. The van der Waals surface area contributed by atoms with Crippen molar-refractivity contribution in [1.29, 1.82) is 0 Å². The molecule has 2 atom stereocenters. The van der Waals surface area contributed by atoms with Crippen LogP contribution in [-0.4, -0.2) is 60.5 Å². The Balaban J connectivity index is 1.47. The fourth-order valence-electron chi connectivity index (χ4n) is 5.50. The highest BCUT2D eigenvalue weighted by Gasteiger charge is 2.35. The first-order valence-electron chi connectivity index (χ1n) is 10.9. The predicted octanol–water partition coefficient (Wildman–Crippen LogP) is 2.35. The Hall–Kier alpha value is -1.66. The van der Waals surface area contributed by atoms with Crippen molar-refractivity contribution in [1.82, 2.24) is 14.4 Å². The highest BCUT2D eigenvalue weighted by molar-refractivity contribution is 5.92. The van der Waals surface area contributed by atoms with Crippen LogP contribution < -0.4 is 10.9 Å². The quantitative estimate of drug-likeness (QED) is 0.844. The van der Waals surface area contributed by atoms with Gasteiger partial charge in [-0.25, -0.2) is 0 Å². The molecule has 2 fully saturated rings. The first-order valence-corrected chi connectivity index (χ1v) is 10.9. The van der Waals surface area contributed by atoms with Crippen LogP contribution in [0.5, 0.6) is 0 Å². The van der Waals surface area contributed by atoms with E-state index in [9.17, 15) is 9.59 Å². The predicted molar refractivity (Wildman–Crippen MR) is 112 cm³/mol. The summed E-state index contributed by atoms with van der Waals surface area (Å²) >= 11 is 0. The molecular formula is C22H34N4O2. The Labute approximate surface area is 167 Å². The van der Waals surface area contributed by atoms with E-state index in [1.807, 2.05) is 24.7 Å². The van der Waals surface area contributed by atoms with E-state index in [0.717, 1.165) is 31.2 Å². The number of anilines is 1. The topological polar surface area (TPSA) is 57.6 Å². The molecule has 0 spiro atoms. The van der Waals surface area contributed by atoms with Crippen molar-refractivity contribution in [2.75, 3.05) is 45.6 Å². The molecule has 6 heteroatoms. The van der Waals surface area contributed by atoms with Crippen LogP contribution in [0.15, 0.2) is 16.9 Å². The van der Waals surface area contributed by atoms with Gasteiger partial charge in [0.05, 0.1) is 6.54 Å². The molecule has 3 heterocycles. The molecule has 2 aliphatic heterocycles. The zero-order valence-corrected chi connectivity index (χ0v) is 17.3. The van der Waals surface area contributed by atoms with E-state index in [0.29, 0.717) is 17.5 Å². The van der Waals surface area contributed by atoms with Crippen molar-refractivity contribution >= 4 is 11.6 Å². The SMILES string of the molecule is CN(C)CC(=O)Nc1ccc2n(c1=O)CC1CC2CN(CC2CCCCC2)C1. The summed E-state index contributed by atoms with van der Waals surface area (Å²) in [5, 5.41) is 2.80. The average molecular weight is 387 g/mol. The minimum Gasteiger partial charge on any atom is -0.320 e. The number of hydrogen-bond donors (Lipinski definition) is 1. The average Bonchev–Trinajstić information content (AvgIpc) is 2.64. The summed E-state index contributed by atoms with van der Waals surface area (Å²) in [6.45, 7) is 4.47. The lowest BCUT2D eigenvalue weighted by Gasteiger charge is -2.44. The molecule has 1 aromatic heterocycles. The van der Waals surface area contributed by atoms with Gasteiger partial charge in [-0.3, -0.25) is 9.59 Å². The van der Waals surface area contributed by atoms with Crippen LogP contribution in [-0.2, 0) is 11.3 Å². The molecule has 1 amide bonds. The van der Waals surface area contributed by atoms with E-state index in [2.05, 4.69) is 16.3 Å². The monoisotopic (exact) mass is 386 g/mol. The van der Waals surface area contributed by atoms with E-state index in [4.69, 9.17) is 0 Å². The number of amides is 1. The molecule has 3 aliphatic rings. The van der Waals surface area contributed by atoms with Crippen LogP contribution in [0.3, 0.4) is 0 Å². The molecule has 4 rings (SSSR count). The first kappa shape index (κ1) is 19.6. The zero-order valence-electron chi connectivity index (χ0n) is 17.3. The number of likely N-dealkylation sites (N-methyl/N-ethyl adjacent to an activating group) is 1. The molecule has 28 heavy (non-hydrogen) atoms. The molecule has 2 unspecified atom stereocenters. The van der Waals surface area contributed by atoms with Gasteiger partial charge in [0.25, 0.3) is 5.56 Å². The molecule has 1 aliphatic carbocycles. The highest BCUT2D eigenvalue weighted by atomic mass is 16.2. The van der Waals surface area contributed by atoms with E-state index in [-0.39, 0.29) is 18.0 Å². The summed E-state index contributed by atoms with van der Waals surface area (Å²) in [5.74, 6) is 1.71. The van der Waals surface area contributed by atoms with Crippen molar-refractivity contribution < 1.29 is 4.79 Å². The van der Waals surface area contributed by atoms with Gasteiger partial charge in [-0.2, -0.15) is 0 Å². The minimum atomic E-state index is -0.141. The van der Waals surface area contributed by atoms with Gasteiger partial charge in [0.2, 0.25) is 5.91 Å². The van der Waals surface area contributed by atoms with Crippen LogP contribution in [0.25, 0.3) is 0 Å². The number of carbonyl (C=O) groups excluding carboxylic acids is 1. The number of nitrogens with one attached hydrogen (secondary N) is 1. The minimum absolute atomic E-state index is 0.0416. The fraction of sp³-hybridized carbons (Fsp3) is 0.727. The van der Waals surface area contributed by atoms with Crippen molar-refractivity contribution in [3.05, 3.63) is 28.2 Å². The standard InChI is InChI=1S/C22H34N4O2/c1-24(2)15-21(27)23-19-8-9-20-18-10-17(13-26(20)22(19)28)12-25(14-18)11-16-6-4-3-5-7-16/h8-9,16-18H,3-7,10-15H2,1-2H3,(H,23,27). The molecule has 6 nitrogen and oxygen atoms in total. The number of carbonyl (C=O) groups is 1. The maximum atomic E-state index is 13.0. The lowest BCUT2D eigenvalue weighted by molar-refractivity contribution is -0.116. The van der Waals surface area contributed by atoms with E-state index in [1.165, 1.54) is 45.1 Å². The van der Waals surface area contributed by atoms with Gasteiger partial charge in [-0.15, -0.1) is 0 Å². The zero-order chi connectivity index (χ0) is 19.7. The smallest absolute Gasteiger partial charge is 0.274 e. The molecule has 1 N–H and O–H groups in total. The molecule has 0 radical (unpaired) electrons. The van der Waals surface area contributed by atoms with Crippen molar-refractivity contribution in [2.24, 2.45) is 11.8 Å². The van der Waals surface area contributed by atoms with E-state index < -0.39 is 0 Å². The van der Waals surface area contributed by atoms with Crippen molar-refractivity contribution in [3.63, 3.8) is 0 Å². The lowest BCUT2D eigenvalue weighted by Crippen LogP contribution is -2.48. The summed E-state index contributed by atoms with van der Waals surface area (Å²) in [5.41, 5.74) is 1.52. The van der Waals surface area contributed by atoms with Crippen LogP contribution in [0.4, 0.5) is 5.69 Å². The summed E-state index contributed by atoms with van der Waals surface area (Å²) < 4.78 is 1.93. The van der Waals surface area contributed by atoms with Gasteiger partial charge >= 0.3 is 0 Å². The van der Waals surface area contributed by atoms with Gasteiger partial charge in [-0.05, 0) is 57.3 Å². The normalized spacial score (nSPS) is 25.5. The van der Waals surface area contributed by atoms with Crippen LogP contribution in [0, 0.1) is 11.8 Å². The summed E-state index contributed by atoms with van der Waals surface area (Å²) in [7, 11) is 3.69. The number of pyridine rings is 1. The summed E-state index contributed by atoms with van der Waals surface area (Å²) in [6.07, 6.45) is 8.16. The second-order valence-corrected chi connectivity index (χ2v) is 9.39. The highest BCUT2D eigenvalue weighted by Crippen LogP contribution is 2.36. The first-order chi connectivity index (χ1) is 13.5. The second-order valence-electron chi connectivity index (χ2n) is 9.39. The number of piperidine rings is 1. The number of fused-ring (bicyclic) bond motifs is 4. The van der Waals surface area contributed by atoms with Gasteiger partial charge in [0.1, 0.15) is 5.69 Å². The molecule has 0 aromatic carbocycles. The van der Waals surface area contributed by atoms with E-state index >= 15 is 0 Å². The number of hydrogen-bond acceptors (Lipinski definition) is 4. The van der Waals surface area contributed by atoms with Crippen molar-refractivity contribution in [3.8, 4) is 0 Å².